The summed E-state index contributed by atoms with van der Waals surface area (Å²) in [5, 5.41) is 10.5. The zero-order valence-corrected chi connectivity index (χ0v) is 56.9. The van der Waals surface area contributed by atoms with Gasteiger partial charge in [-0.1, -0.05) is 273 Å². The maximum absolute atomic E-state index is 13.0. The molecule has 0 aliphatic carbocycles. The summed E-state index contributed by atoms with van der Waals surface area (Å²) in [6.45, 7) is 11.7. The lowest BCUT2D eigenvalue weighted by Gasteiger charge is -2.21. The highest BCUT2D eigenvalue weighted by Crippen LogP contribution is 2.45. The van der Waals surface area contributed by atoms with Crippen molar-refractivity contribution in [2.45, 2.75) is 343 Å². The Morgan fingerprint density at radius 1 is 0.318 bits per heavy atom. The fraction of sp³-hybridized carbons (Fsp3) is 0.939. The van der Waals surface area contributed by atoms with E-state index in [9.17, 15) is 43.2 Å². The standard InChI is InChI=1S/C66H128O17P2/c1-8-9-10-11-12-13-14-15-19-26-33-40-47-63(68)76-53-61(82-65(70)49-42-35-27-20-17-16-18-23-30-37-44-57(2)3)55-80-84(72,73)78-51-60(67)52-79-85(74,75)81-56-62(83-66(71)50-43-36-29-22-25-32-39-46-59(6)7)54-77-64(69)48-41-34-28-21-24-31-38-45-58(4)5/h57-62,67H,8-56H2,1-7H3,(H,72,73)(H,74,75)/t60-,61-,62-/m1/s1. The highest BCUT2D eigenvalue weighted by molar-refractivity contribution is 7.47. The fourth-order valence-corrected chi connectivity index (χ4v) is 11.4. The lowest BCUT2D eigenvalue weighted by Crippen LogP contribution is -2.30. The molecule has 0 saturated heterocycles. The van der Waals surface area contributed by atoms with Gasteiger partial charge in [-0.2, -0.15) is 0 Å². The predicted octanol–water partition coefficient (Wildman–Crippen LogP) is 18.3. The molecule has 0 aliphatic rings. The minimum absolute atomic E-state index is 0.102. The van der Waals surface area contributed by atoms with Gasteiger partial charge in [0.1, 0.15) is 19.3 Å². The van der Waals surface area contributed by atoms with Crippen LogP contribution in [0, 0.1) is 17.8 Å². The molecule has 85 heavy (non-hydrogen) atoms. The normalized spacial score (nSPS) is 14.3. The first kappa shape index (κ1) is 83.1. The molecule has 0 heterocycles. The molecule has 0 rings (SSSR count). The summed E-state index contributed by atoms with van der Waals surface area (Å²) >= 11 is 0. The van der Waals surface area contributed by atoms with E-state index in [1.165, 1.54) is 128 Å². The predicted molar refractivity (Wildman–Crippen MR) is 340 cm³/mol. The minimum Gasteiger partial charge on any atom is -0.462 e. The molecular formula is C66H128O17P2. The Morgan fingerprint density at radius 3 is 0.800 bits per heavy atom. The Morgan fingerprint density at radius 2 is 0.541 bits per heavy atom. The highest BCUT2D eigenvalue weighted by Gasteiger charge is 2.30. The molecule has 0 bridgehead atoms. The Bertz CT molecular complexity index is 1680. The summed E-state index contributed by atoms with van der Waals surface area (Å²) in [5.74, 6) is 0.0184. The van der Waals surface area contributed by atoms with Crippen molar-refractivity contribution in [1.82, 2.24) is 0 Å². The van der Waals surface area contributed by atoms with Crippen molar-refractivity contribution in [3.05, 3.63) is 0 Å². The van der Waals surface area contributed by atoms with E-state index in [0.29, 0.717) is 37.5 Å². The number of phosphoric ester groups is 2. The fourth-order valence-electron chi connectivity index (χ4n) is 9.83. The first-order valence-corrected chi connectivity index (χ1v) is 37.3. The second-order valence-corrected chi connectivity index (χ2v) is 28.2. The molecule has 0 aliphatic heterocycles. The van der Waals surface area contributed by atoms with Gasteiger partial charge in [-0.05, 0) is 43.4 Å². The Labute approximate surface area is 517 Å². The number of carbonyl (C=O) groups is 4. The van der Waals surface area contributed by atoms with Gasteiger partial charge in [-0.3, -0.25) is 37.3 Å². The third-order valence-electron chi connectivity index (χ3n) is 15.1. The van der Waals surface area contributed by atoms with Gasteiger partial charge in [0.25, 0.3) is 0 Å². The molecule has 17 nitrogen and oxygen atoms in total. The average Bonchev–Trinajstić information content (AvgIpc) is 3.52. The molecule has 2 unspecified atom stereocenters. The number of hydrogen-bond donors (Lipinski definition) is 3. The van der Waals surface area contributed by atoms with Crippen LogP contribution in [0.25, 0.3) is 0 Å². The van der Waals surface area contributed by atoms with Gasteiger partial charge in [0, 0.05) is 25.7 Å². The van der Waals surface area contributed by atoms with Crippen molar-refractivity contribution in [3.8, 4) is 0 Å². The van der Waals surface area contributed by atoms with Crippen LogP contribution in [0.4, 0.5) is 0 Å². The van der Waals surface area contributed by atoms with Gasteiger partial charge in [-0.25, -0.2) is 9.13 Å². The molecule has 0 radical (unpaired) electrons. The second kappa shape index (κ2) is 57.2. The highest BCUT2D eigenvalue weighted by atomic mass is 31.2. The largest absolute Gasteiger partial charge is 0.472 e. The number of phosphoric acid groups is 2. The van der Waals surface area contributed by atoms with Gasteiger partial charge >= 0.3 is 39.5 Å². The number of rotatable bonds is 64. The SMILES string of the molecule is CCCCCCCCCCCCCCC(=O)OC[C@H](COP(=O)(O)OC[C@@H](O)COP(=O)(O)OC[C@@H](COC(=O)CCCCCCCCCC(C)C)OC(=O)CCCCCCCCCC(C)C)OC(=O)CCCCCCCCCCCCC(C)C. The molecule has 19 heteroatoms. The van der Waals surface area contributed by atoms with E-state index in [-0.39, 0.29) is 25.7 Å². The molecule has 504 valence electrons. The summed E-state index contributed by atoms with van der Waals surface area (Å²) in [6, 6.07) is 0. The minimum atomic E-state index is -4.95. The molecule has 0 aromatic heterocycles. The number of ether oxygens (including phenoxy) is 4. The van der Waals surface area contributed by atoms with Crippen LogP contribution in [0.2, 0.25) is 0 Å². The summed E-state index contributed by atoms with van der Waals surface area (Å²) in [6.07, 6.45) is 39.0. The van der Waals surface area contributed by atoms with E-state index in [4.69, 9.17) is 37.0 Å². The van der Waals surface area contributed by atoms with Crippen molar-refractivity contribution < 1.29 is 80.2 Å². The molecule has 0 saturated carbocycles. The molecule has 0 fully saturated rings. The molecule has 5 atom stereocenters. The maximum Gasteiger partial charge on any atom is 0.472 e. The van der Waals surface area contributed by atoms with Crippen molar-refractivity contribution in [2.75, 3.05) is 39.6 Å². The van der Waals surface area contributed by atoms with Crippen LogP contribution in [0.15, 0.2) is 0 Å². The van der Waals surface area contributed by atoms with Crippen molar-refractivity contribution in [2.24, 2.45) is 17.8 Å². The maximum atomic E-state index is 13.0. The van der Waals surface area contributed by atoms with Crippen LogP contribution in [0.1, 0.15) is 325 Å². The van der Waals surface area contributed by atoms with Gasteiger partial charge < -0.3 is 33.8 Å². The molecule has 0 amide bonds. The van der Waals surface area contributed by atoms with E-state index >= 15 is 0 Å². The van der Waals surface area contributed by atoms with E-state index in [0.717, 1.165) is 102 Å². The molecule has 0 aromatic rings. The second-order valence-electron chi connectivity index (χ2n) is 25.3. The Kier molecular flexibility index (Phi) is 55.9. The van der Waals surface area contributed by atoms with Crippen LogP contribution in [-0.2, 0) is 65.4 Å². The number of esters is 4. The molecule has 0 aromatic carbocycles. The number of hydrogen-bond acceptors (Lipinski definition) is 15. The zero-order valence-electron chi connectivity index (χ0n) is 55.1. The van der Waals surface area contributed by atoms with Gasteiger partial charge in [-0.15, -0.1) is 0 Å². The third kappa shape index (κ3) is 60.7. The quantitative estimate of drug-likeness (QED) is 0.0222. The molecule has 0 spiro atoms. The van der Waals surface area contributed by atoms with E-state index in [1.54, 1.807) is 0 Å². The van der Waals surface area contributed by atoms with Crippen molar-refractivity contribution in [3.63, 3.8) is 0 Å². The van der Waals surface area contributed by atoms with Crippen LogP contribution in [-0.4, -0.2) is 96.7 Å². The van der Waals surface area contributed by atoms with Crippen LogP contribution in [0.3, 0.4) is 0 Å². The number of aliphatic hydroxyl groups is 1. The first-order valence-electron chi connectivity index (χ1n) is 34.3. The van der Waals surface area contributed by atoms with Crippen LogP contribution < -0.4 is 0 Å². The average molecular weight is 1260 g/mol. The van der Waals surface area contributed by atoms with Crippen molar-refractivity contribution in [1.29, 1.82) is 0 Å². The number of unbranched alkanes of at least 4 members (excludes halogenated alkanes) is 32. The topological polar surface area (TPSA) is 237 Å². The molecule has 3 N–H and O–H groups in total. The molecular weight excluding hydrogens is 1130 g/mol. The number of aliphatic hydroxyl groups excluding tert-OH is 1. The zero-order chi connectivity index (χ0) is 63.1. The monoisotopic (exact) mass is 1250 g/mol. The number of carbonyl (C=O) groups excluding carboxylic acids is 4. The first-order chi connectivity index (χ1) is 40.7. The van der Waals surface area contributed by atoms with E-state index in [1.807, 2.05) is 0 Å². The third-order valence-corrected chi connectivity index (χ3v) is 17.0. The summed E-state index contributed by atoms with van der Waals surface area (Å²) in [7, 11) is -9.89. The van der Waals surface area contributed by atoms with Crippen molar-refractivity contribution >= 4 is 39.5 Å². The van der Waals surface area contributed by atoms with Gasteiger partial charge in [0.15, 0.2) is 12.2 Å². The summed E-state index contributed by atoms with van der Waals surface area (Å²) < 4.78 is 68.1. The Hall–Kier alpha value is -1.94. The van der Waals surface area contributed by atoms with E-state index < -0.39 is 97.5 Å². The van der Waals surface area contributed by atoms with Gasteiger partial charge in [0.05, 0.1) is 26.4 Å². The van der Waals surface area contributed by atoms with Crippen LogP contribution >= 0.6 is 15.6 Å². The lowest BCUT2D eigenvalue weighted by molar-refractivity contribution is -0.161. The summed E-state index contributed by atoms with van der Waals surface area (Å²) in [4.78, 5) is 72.3. The lowest BCUT2D eigenvalue weighted by atomic mass is 10.0. The van der Waals surface area contributed by atoms with Gasteiger partial charge in [0.2, 0.25) is 0 Å². The summed E-state index contributed by atoms with van der Waals surface area (Å²) in [5.41, 5.74) is 0. The Balaban J connectivity index is 5.25. The smallest absolute Gasteiger partial charge is 0.462 e. The van der Waals surface area contributed by atoms with Crippen LogP contribution in [0.5, 0.6) is 0 Å². The van der Waals surface area contributed by atoms with E-state index in [2.05, 4.69) is 48.5 Å².